The van der Waals surface area contributed by atoms with Gasteiger partial charge in [0.2, 0.25) is 5.76 Å². The minimum atomic E-state index is -0.772. The molecule has 1 heterocycles. The lowest BCUT2D eigenvalue weighted by Crippen LogP contribution is -2.07. The molecule has 1 aromatic carbocycles. The van der Waals surface area contributed by atoms with Crippen LogP contribution in [0.25, 0.3) is 6.08 Å². The van der Waals surface area contributed by atoms with Crippen molar-refractivity contribution in [1.82, 2.24) is 4.98 Å². The number of esters is 1. The molecule has 120 valence electrons. The van der Waals surface area contributed by atoms with Crippen LogP contribution >= 0.6 is 0 Å². The number of halogens is 1. The number of aryl methyl sites for hydroxylation is 2. The van der Waals surface area contributed by atoms with Crippen LogP contribution in [-0.2, 0) is 22.4 Å². The third-order valence-electron chi connectivity index (χ3n) is 3.23. The van der Waals surface area contributed by atoms with Crippen LogP contribution in [0.2, 0.25) is 0 Å². The quantitative estimate of drug-likeness (QED) is 0.504. The van der Waals surface area contributed by atoms with Gasteiger partial charge in [0, 0.05) is 12.3 Å². The van der Waals surface area contributed by atoms with Gasteiger partial charge in [-0.25, -0.2) is 9.18 Å². The zero-order valence-corrected chi connectivity index (χ0v) is 12.8. The molecule has 23 heavy (non-hydrogen) atoms. The number of aliphatic hydroxyl groups excluding tert-OH is 1. The Morgan fingerprint density at radius 1 is 1.22 bits per heavy atom. The molecule has 0 radical (unpaired) electrons. The third-order valence-corrected chi connectivity index (χ3v) is 3.23. The first-order valence-corrected chi connectivity index (χ1v) is 7.35. The molecule has 0 aliphatic rings. The van der Waals surface area contributed by atoms with Crippen LogP contribution in [0, 0.1) is 5.82 Å². The second-order valence-corrected chi connectivity index (χ2v) is 4.97. The summed E-state index contributed by atoms with van der Waals surface area (Å²) >= 11 is 0. The van der Waals surface area contributed by atoms with E-state index in [2.05, 4.69) is 4.98 Å². The average molecular weight is 315 g/mol. The molecular weight excluding hydrogens is 297 g/mol. The second-order valence-electron chi connectivity index (χ2n) is 4.97. The number of pyridine rings is 1. The van der Waals surface area contributed by atoms with Gasteiger partial charge in [-0.05, 0) is 55.2 Å². The number of hydrogen-bond donors (Lipinski definition) is 1. The van der Waals surface area contributed by atoms with E-state index in [1.54, 1.807) is 31.3 Å². The summed E-state index contributed by atoms with van der Waals surface area (Å²) < 4.78 is 17.6. The highest BCUT2D eigenvalue weighted by molar-refractivity contribution is 5.90. The van der Waals surface area contributed by atoms with Crippen molar-refractivity contribution >= 4 is 12.0 Å². The van der Waals surface area contributed by atoms with E-state index in [9.17, 15) is 14.3 Å². The highest BCUT2D eigenvalue weighted by Gasteiger charge is 2.08. The summed E-state index contributed by atoms with van der Waals surface area (Å²) in [6.07, 6.45) is 4.40. The van der Waals surface area contributed by atoms with Gasteiger partial charge in [0.05, 0.1) is 12.3 Å². The first kappa shape index (κ1) is 16.7. The lowest BCUT2D eigenvalue weighted by molar-refractivity contribution is -0.141. The van der Waals surface area contributed by atoms with E-state index >= 15 is 0 Å². The first-order valence-electron chi connectivity index (χ1n) is 7.35. The number of benzene rings is 1. The lowest BCUT2D eigenvalue weighted by Gasteiger charge is -2.04. The van der Waals surface area contributed by atoms with Crippen molar-refractivity contribution in [3.05, 3.63) is 71.0 Å². The average Bonchev–Trinajstić information content (AvgIpc) is 2.55. The third kappa shape index (κ3) is 5.21. The van der Waals surface area contributed by atoms with Crippen LogP contribution < -0.4 is 0 Å². The van der Waals surface area contributed by atoms with Gasteiger partial charge in [0.15, 0.2) is 0 Å². The Bertz CT molecular complexity index is 696. The number of carbonyl (C=O) groups is 1. The maximum Gasteiger partial charge on any atom is 0.373 e. The van der Waals surface area contributed by atoms with Crippen LogP contribution in [0.1, 0.15) is 23.7 Å². The molecule has 0 aliphatic carbocycles. The van der Waals surface area contributed by atoms with E-state index in [0.717, 1.165) is 24.0 Å². The molecule has 0 saturated carbocycles. The molecule has 0 amide bonds. The predicted molar refractivity (Wildman–Crippen MR) is 85.3 cm³/mol. The number of carbonyl (C=O) groups excluding carboxylic acids is 1. The summed E-state index contributed by atoms with van der Waals surface area (Å²) in [4.78, 5) is 15.5. The van der Waals surface area contributed by atoms with Crippen LogP contribution in [0.3, 0.4) is 0 Å². The number of aromatic nitrogens is 1. The maximum atomic E-state index is 12.9. The first-order chi connectivity index (χ1) is 11.1. The fourth-order valence-corrected chi connectivity index (χ4v) is 2.07. The number of aliphatic hydroxyl groups is 1. The lowest BCUT2D eigenvalue weighted by atomic mass is 10.0. The van der Waals surface area contributed by atoms with E-state index < -0.39 is 11.7 Å². The predicted octanol–water partition coefficient (Wildman–Crippen LogP) is 3.47. The number of hydrogen-bond acceptors (Lipinski definition) is 4. The van der Waals surface area contributed by atoms with Gasteiger partial charge in [0.25, 0.3) is 0 Å². The highest BCUT2D eigenvalue weighted by Crippen LogP contribution is 2.11. The highest BCUT2D eigenvalue weighted by atomic mass is 19.1. The Kier molecular flexibility index (Phi) is 5.86. The molecule has 5 heteroatoms. The van der Waals surface area contributed by atoms with E-state index in [1.165, 1.54) is 18.2 Å². The Hall–Kier alpha value is -2.69. The molecule has 1 aromatic heterocycles. The Morgan fingerprint density at radius 2 is 1.91 bits per heavy atom. The Morgan fingerprint density at radius 3 is 2.61 bits per heavy atom. The summed E-state index contributed by atoms with van der Waals surface area (Å²) in [7, 11) is 0. The molecule has 0 spiro atoms. The van der Waals surface area contributed by atoms with Crippen molar-refractivity contribution in [3.63, 3.8) is 0 Å². The summed E-state index contributed by atoms with van der Waals surface area (Å²) in [5.41, 5.74) is 2.52. The van der Waals surface area contributed by atoms with E-state index in [1.807, 2.05) is 6.07 Å². The summed E-state index contributed by atoms with van der Waals surface area (Å²) in [5.74, 6) is -1.50. The zero-order chi connectivity index (χ0) is 16.7. The minimum absolute atomic E-state index is 0.196. The molecule has 2 rings (SSSR count). The fraction of sp³-hybridized carbons (Fsp3) is 0.222. The number of nitrogens with zero attached hydrogens (tertiary/aromatic N) is 1. The van der Waals surface area contributed by atoms with Crippen molar-refractivity contribution < 1.29 is 19.0 Å². The maximum absolute atomic E-state index is 12.9. The molecule has 0 unspecified atom stereocenters. The van der Waals surface area contributed by atoms with Crippen molar-refractivity contribution in [2.45, 2.75) is 19.8 Å². The SMILES string of the molecule is CCOC(=O)C(O)=Cc1cc(CCc2ccc(F)cc2)ccn1. The zero-order valence-electron chi connectivity index (χ0n) is 12.8. The van der Waals surface area contributed by atoms with Crippen molar-refractivity contribution in [3.8, 4) is 0 Å². The molecule has 0 fully saturated rings. The van der Waals surface area contributed by atoms with Gasteiger partial charge in [-0.1, -0.05) is 12.1 Å². The largest absolute Gasteiger partial charge is 0.502 e. The van der Waals surface area contributed by atoms with Gasteiger partial charge in [0.1, 0.15) is 5.82 Å². The Labute approximate surface area is 134 Å². The van der Waals surface area contributed by atoms with Crippen molar-refractivity contribution in [1.29, 1.82) is 0 Å². The van der Waals surface area contributed by atoms with Crippen molar-refractivity contribution in [2.24, 2.45) is 0 Å². The Balaban J connectivity index is 2.03. The van der Waals surface area contributed by atoms with Crippen LogP contribution in [-0.4, -0.2) is 22.7 Å². The smallest absolute Gasteiger partial charge is 0.373 e. The van der Waals surface area contributed by atoms with E-state index in [0.29, 0.717) is 5.69 Å². The summed E-state index contributed by atoms with van der Waals surface area (Å²) in [5, 5.41) is 9.64. The molecule has 4 nitrogen and oxygen atoms in total. The molecule has 2 aromatic rings. The number of rotatable bonds is 6. The second kappa shape index (κ2) is 8.08. The molecule has 0 aliphatic heterocycles. The van der Waals surface area contributed by atoms with Gasteiger partial charge < -0.3 is 9.84 Å². The van der Waals surface area contributed by atoms with Crippen molar-refractivity contribution in [2.75, 3.05) is 6.61 Å². The molecule has 0 atom stereocenters. The van der Waals surface area contributed by atoms with Gasteiger partial charge >= 0.3 is 5.97 Å². The molecule has 0 bridgehead atoms. The molecule has 0 saturated heterocycles. The normalized spacial score (nSPS) is 11.3. The minimum Gasteiger partial charge on any atom is -0.502 e. The molecule has 1 N–H and O–H groups in total. The van der Waals surface area contributed by atoms with Gasteiger partial charge in [-0.3, -0.25) is 4.98 Å². The van der Waals surface area contributed by atoms with E-state index in [-0.39, 0.29) is 12.4 Å². The van der Waals surface area contributed by atoms with Crippen LogP contribution in [0.15, 0.2) is 48.4 Å². The van der Waals surface area contributed by atoms with E-state index in [4.69, 9.17) is 4.74 Å². The van der Waals surface area contributed by atoms with Crippen LogP contribution in [0.4, 0.5) is 4.39 Å². The fourth-order valence-electron chi connectivity index (χ4n) is 2.07. The topological polar surface area (TPSA) is 59.4 Å². The van der Waals surface area contributed by atoms with Gasteiger partial charge in [-0.15, -0.1) is 0 Å². The van der Waals surface area contributed by atoms with Gasteiger partial charge in [-0.2, -0.15) is 0 Å². The monoisotopic (exact) mass is 315 g/mol. The standard InChI is InChI=1S/C18H18FNO3/c1-2-23-18(22)17(21)12-16-11-14(9-10-20-16)4-3-13-5-7-15(19)8-6-13/h5-12,21H,2-4H2,1H3. The number of ether oxygens (including phenoxy) is 1. The molecular formula is C18H18FNO3. The van der Waals surface area contributed by atoms with Crippen LogP contribution in [0.5, 0.6) is 0 Å². The summed E-state index contributed by atoms with van der Waals surface area (Å²) in [6.45, 7) is 1.86. The summed E-state index contributed by atoms with van der Waals surface area (Å²) in [6, 6.07) is 10.0.